The summed E-state index contributed by atoms with van der Waals surface area (Å²) in [5.41, 5.74) is 6.07. The van der Waals surface area contributed by atoms with Crippen LogP contribution in [0.5, 0.6) is 0 Å². The molecular weight excluding hydrogens is 270 g/mol. The number of carbonyl (C=O) groups excluding carboxylic acids is 1. The summed E-state index contributed by atoms with van der Waals surface area (Å²) in [4.78, 5) is 15.7. The number of rotatable bonds is 5. The lowest BCUT2D eigenvalue weighted by Gasteiger charge is -2.29. The number of hydrogen-bond donors (Lipinski definition) is 2. The molecule has 0 aromatic carbocycles. The fourth-order valence-electron chi connectivity index (χ4n) is 2.83. The number of thiophene rings is 1. The summed E-state index contributed by atoms with van der Waals surface area (Å²) in [5.74, 6) is 0.121. The molecular formula is C15H25N3OS. The lowest BCUT2D eigenvalue weighted by atomic mass is 9.84. The zero-order valence-electron chi connectivity index (χ0n) is 12.3. The second-order valence-corrected chi connectivity index (χ2v) is 6.77. The van der Waals surface area contributed by atoms with Gasteiger partial charge < -0.3 is 16.0 Å². The molecule has 3 unspecified atom stereocenters. The average molecular weight is 295 g/mol. The third kappa shape index (κ3) is 3.81. The first-order valence-corrected chi connectivity index (χ1v) is 8.20. The van der Waals surface area contributed by atoms with E-state index in [9.17, 15) is 4.79 Å². The summed E-state index contributed by atoms with van der Waals surface area (Å²) < 4.78 is 0. The monoisotopic (exact) mass is 295 g/mol. The zero-order valence-corrected chi connectivity index (χ0v) is 13.2. The molecule has 1 heterocycles. The van der Waals surface area contributed by atoms with E-state index in [1.807, 2.05) is 14.1 Å². The van der Waals surface area contributed by atoms with Gasteiger partial charge in [0, 0.05) is 17.5 Å². The van der Waals surface area contributed by atoms with Crippen molar-refractivity contribution in [3.05, 3.63) is 22.4 Å². The Kier molecular flexibility index (Phi) is 5.57. The number of nitrogens with zero attached hydrogens (tertiary/aromatic N) is 1. The Labute approximate surface area is 125 Å². The third-order valence-corrected chi connectivity index (χ3v) is 5.09. The SMILES string of the molecule is CN(C)C(CNC(=O)C1CCCCC1N)c1cccs1. The number of likely N-dealkylation sites (N-methyl/N-ethyl adjacent to an activating group) is 1. The van der Waals surface area contributed by atoms with Crippen molar-refractivity contribution in [2.45, 2.75) is 37.8 Å². The van der Waals surface area contributed by atoms with E-state index in [1.165, 1.54) is 4.88 Å². The number of amides is 1. The van der Waals surface area contributed by atoms with Crippen molar-refractivity contribution in [1.29, 1.82) is 0 Å². The highest BCUT2D eigenvalue weighted by molar-refractivity contribution is 7.10. The van der Waals surface area contributed by atoms with Gasteiger partial charge in [-0.1, -0.05) is 18.9 Å². The van der Waals surface area contributed by atoms with Crippen LogP contribution >= 0.6 is 11.3 Å². The van der Waals surface area contributed by atoms with Gasteiger partial charge in [0.05, 0.1) is 12.0 Å². The summed E-state index contributed by atoms with van der Waals surface area (Å²) in [6.07, 6.45) is 4.17. The van der Waals surface area contributed by atoms with Crippen molar-refractivity contribution >= 4 is 17.2 Å². The molecule has 1 aliphatic carbocycles. The van der Waals surface area contributed by atoms with Crippen LogP contribution in [-0.2, 0) is 4.79 Å². The summed E-state index contributed by atoms with van der Waals surface area (Å²) in [7, 11) is 4.09. The van der Waals surface area contributed by atoms with Gasteiger partial charge in [-0.05, 0) is 38.4 Å². The fraction of sp³-hybridized carbons (Fsp3) is 0.667. The van der Waals surface area contributed by atoms with Gasteiger partial charge >= 0.3 is 0 Å². The van der Waals surface area contributed by atoms with E-state index in [0.29, 0.717) is 6.54 Å². The molecule has 1 aliphatic rings. The molecule has 0 spiro atoms. The minimum absolute atomic E-state index is 0.00472. The minimum Gasteiger partial charge on any atom is -0.354 e. The van der Waals surface area contributed by atoms with E-state index in [1.54, 1.807) is 11.3 Å². The van der Waals surface area contributed by atoms with Crippen LogP contribution in [0.1, 0.15) is 36.6 Å². The molecule has 1 fully saturated rings. The van der Waals surface area contributed by atoms with Gasteiger partial charge in [0.2, 0.25) is 5.91 Å². The van der Waals surface area contributed by atoms with Crippen LogP contribution in [-0.4, -0.2) is 37.5 Å². The van der Waals surface area contributed by atoms with E-state index in [0.717, 1.165) is 25.7 Å². The van der Waals surface area contributed by atoms with Crippen molar-refractivity contribution in [1.82, 2.24) is 10.2 Å². The van der Waals surface area contributed by atoms with Crippen molar-refractivity contribution in [3.8, 4) is 0 Å². The first-order chi connectivity index (χ1) is 9.59. The third-order valence-electron chi connectivity index (χ3n) is 4.12. The van der Waals surface area contributed by atoms with Gasteiger partial charge in [0.1, 0.15) is 0 Å². The maximum absolute atomic E-state index is 12.3. The predicted molar refractivity (Wildman–Crippen MR) is 83.7 cm³/mol. The quantitative estimate of drug-likeness (QED) is 0.873. The lowest BCUT2D eigenvalue weighted by molar-refractivity contribution is -0.126. The molecule has 3 atom stereocenters. The highest BCUT2D eigenvalue weighted by Gasteiger charge is 2.28. The van der Waals surface area contributed by atoms with Crippen LogP contribution in [0.15, 0.2) is 17.5 Å². The Morgan fingerprint density at radius 3 is 2.85 bits per heavy atom. The molecule has 0 aliphatic heterocycles. The predicted octanol–water partition coefficient (Wildman–Crippen LogP) is 1.98. The number of carbonyl (C=O) groups is 1. The molecule has 0 bridgehead atoms. The van der Waals surface area contributed by atoms with Crippen LogP contribution in [0.3, 0.4) is 0 Å². The molecule has 1 aromatic heterocycles. The molecule has 20 heavy (non-hydrogen) atoms. The lowest BCUT2D eigenvalue weighted by Crippen LogP contribution is -2.45. The highest BCUT2D eigenvalue weighted by Crippen LogP contribution is 2.25. The maximum atomic E-state index is 12.3. The first kappa shape index (κ1) is 15.5. The minimum atomic E-state index is -0.00472. The summed E-state index contributed by atoms with van der Waals surface area (Å²) in [5, 5.41) is 5.17. The maximum Gasteiger partial charge on any atom is 0.224 e. The molecule has 5 heteroatoms. The van der Waals surface area contributed by atoms with Crippen LogP contribution in [0.25, 0.3) is 0 Å². The van der Waals surface area contributed by atoms with Gasteiger partial charge in [0.25, 0.3) is 0 Å². The highest BCUT2D eigenvalue weighted by atomic mass is 32.1. The van der Waals surface area contributed by atoms with Crippen molar-refractivity contribution in [2.75, 3.05) is 20.6 Å². The Morgan fingerprint density at radius 1 is 1.50 bits per heavy atom. The summed E-state index contributed by atoms with van der Waals surface area (Å²) in [6, 6.07) is 4.44. The van der Waals surface area contributed by atoms with E-state index in [-0.39, 0.29) is 23.9 Å². The fourth-order valence-corrected chi connectivity index (χ4v) is 3.75. The Morgan fingerprint density at radius 2 is 2.25 bits per heavy atom. The molecule has 4 nitrogen and oxygen atoms in total. The van der Waals surface area contributed by atoms with Crippen molar-refractivity contribution in [3.63, 3.8) is 0 Å². The molecule has 1 amide bonds. The van der Waals surface area contributed by atoms with E-state index in [2.05, 4.69) is 27.7 Å². The molecule has 0 saturated heterocycles. The Bertz CT molecular complexity index is 419. The molecule has 1 saturated carbocycles. The second kappa shape index (κ2) is 7.20. The van der Waals surface area contributed by atoms with Gasteiger partial charge in [-0.25, -0.2) is 0 Å². The standard InChI is InChI=1S/C15H25N3OS/c1-18(2)13(14-8-5-9-20-14)10-17-15(19)11-6-3-4-7-12(11)16/h5,8-9,11-13H,3-4,6-7,10,16H2,1-2H3,(H,17,19). The van der Waals surface area contributed by atoms with E-state index in [4.69, 9.17) is 5.73 Å². The first-order valence-electron chi connectivity index (χ1n) is 7.32. The Balaban J connectivity index is 1.90. The van der Waals surface area contributed by atoms with Crippen molar-refractivity contribution < 1.29 is 4.79 Å². The van der Waals surface area contributed by atoms with Gasteiger partial charge in [-0.2, -0.15) is 0 Å². The molecule has 1 aromatic rings. The molecule has 0 radical (unpaired) electrons. The Hall–Kier alpha value is -0.910. The largest absolute Gasteiger partial charge is 0.354 e. The van der Waals surface area contributed by atoms with Gasteiger partial charge in [-0.15, -0.1) is 11.3 Å². The number of nitrogens with two attached hydrogens (primary N) is 1. The normalized spacial score (nSPS) is 24.6. The van der Waals surface area contributed by atoms with Crippen LogP contribution in [0.2, 0.25) is 0 Å². The second-order valence-electron chi connectivity index (χ2n) is 5.79. The van der Waals surface area contributed by atoms with Gasteiger partial charge in [0.15, 0.2) is 0 Å². The molecule has 112 valence electrons. The number of nitrogens with one attached hydrogen (secondary N) is 1. The van der Waals surface area contributed by atoms with Crippen LogP contribution in [0.4, 0.5) is 0 Å². The molecule has 3 N–H and O–H groups in total. The van der Waals surface area contributed by atoms with Crippen LogP contribution < -0.4 is 11.1 Å². The van der Waals surface area contributed by atoms with E-state index >= 15 is 0 Å². The summed E-state index contributed by atoms with van der Waals surface area (Å²) >= 11 is 1.73. The zero-order chi connectivity index (χ0) is 14.5. The average Bonchev–Trinajstić information content (AvgIpc) is 2.92. The number of hydrogen-bond acceptors (Lipinski definition) is 4. The van der Waals surface area contributed by atoms with E-state index < -0.39 is 0 Å². The van der Waals surface area contributed by atoms with Gasteiger partial charge in [-0.3, -0.25) is 4.79 Å². The topological polar surface area (TPSA) is 58.4 Å². The smallest absolute Gasteiger partial charge is 0.224 e. The molecule has 2 rings (SSSR count). The summed E-state index contributed by atoms with van der Waals surface area (Å²) in [6.45, 7) is 0.648. The van der Waals surface area contributed by atoms with Crippen LogP contribution in [0, 0.1) is 5.92 Å². The van der Waals surface area contributed by atoms with Crippen molar-refractivity contribution in [2.24, 2.45) is 11.7 Å².